The van der Waals surface area contributed by atoms with Crippen molar-refractivity contribution in [3.8, 4) is 0 Å². The highest BCUT2D eigenvalue weighted by atomic mass is 19.1. The van der Waals surface area contributed by atoms with Crippen molar-refractivity contribution >= 4 is 10.9 Å². The van der Waals surface area contributed by atoms with Crippen molar-refractivity contribution in [1.29, 1.82) is 0 Å². The SMILES string of the molecule is COC(C)Cn1ccc2cc(F)ccc21. The summed E-state index contributed by atoms with van der Waals surface area (Å²) in [7, 11) is 1.69. The van der Waals surface area contributed by atoms with Crippen molar-refractivity contribution in [1.82, 2.24) is 4.57 Å². The van der Waals surface area contributed by atoms with Crippen LogP contribution in [-0.4, -0.2) is 17.8 Å². The van der Waals surface area contributed by atoms with E-state index in [4.69, 9.17) is 4.74 Å². The number of halogens is 1. The van der Waals surface area contributed by atoms with Gasteiger partial charge in [-0.2, -0.15) is 0 Å². The van der Waals surface area contributed by atoms with Crippen LogP contribution in [0.1, 0.15) is 6.92 Å². The number of methoxy groups -OCH3 is 1. The highest BCUT2D eigenvalue weighted by molar-refractivity contribution is 5.80. The lowest BCUT2D eigenvalue weighted by atomic mass is 10.2. The topological polar surface area (TPSA) is 14.2 Å². The minimum absolute atomic E-state index is 0.158. The molecular formula is C12H14FNO. The Balaban J connectivity index is 2.36. The normalized spacial score (nSPS) is 13.3. The Morgan fingerprint density at radius 2 is 2.20 bits per heavy atom. The second-order valence-corrected chi connectivity index (χ2v) is 3.72. The molecule has 0 fully saturated rings. The highest BCUT2D eigenvalue weighted by Gasteiger charge is 2.05. The third kappa shape index (κ3) is 2.02. The molecule has 1 unspecified atom stereocenters. The zero-order valence-electron chi connectivity index (χ0n) is 8.90. The minimum atomic E-state index is -0.194. The third-order valence-electron chi connectivity index (χ3n) is 2.59. The van der Waals surface area contributed by atoms with Crippen LogP contribution in [0.25, 0.3) is 10.9 Å². The summed E-state index contributed by atoms with van der Waals surface area (Å²) in [5, 5.41) is 0.929. The quantitative estimate of drug-likeness (QED) is 0.754. The Hall–Kier alpha value is -1.35. The van der Waals surface area contributed by atoms with Crippen molar-refractivity contribution in [2.75, 3.05) is 7.11 Å². The van der Waals surface area contributed by atoms with Gasteiger partial charge in [-0.25, -0.2) is 4.39 Å². The number of rotatable bonds is 3. The summed E-state index contributed by atoms with van der Waals surface area (Å²) in [6.07, 6.45) is 2.12. The molecule has 1 aromatic heterocycles. The van der Waals surface area contributed by atoms with E-state index in [2.05, 4.69) is 4.57 Å². The van der Waals surface area contributed by atoms with Crippen LogP contribution in [0.3, 0.4) is 0 Å². The van der Waals surface area contributed by atoms with Gasteiger partial charge >= 0.3 is 0 Å². The van der Waals surface area contributed by atoms with Crippen molar-refractivity contribution in [2.24, 2.45) is 0 Å². The minimum Gasteiger partial charge on any atom is -0.380 e. The number of ether oxygens (including phenoxy) is 1. The van der Waals surface area contributed by atoms with E-state index in [0.717, 1.165) is 17.4 Å². The van der Waals surface area contributed by atoms with Crippen LogP contribution >= 0.6 is 0 Å². The van der Waals surface area contributed by atoms with Crippen LogP contribution in [0, 0.1) is 5.82 Å². The third-order valence-corrected chi connectivity index (χ3v) is 2.59. The molecule has 0 amide bonds. The van der Waals surface area contributed by atoms with Gasteiger partial charge in [0.05, 0.1) is 6.10 Å². The summed E-state index contributed by atoms with van der Waals surface area (Å²) >= 11 is 0. The molecule has 0 saturated carbocycles. The first kappa shape index (κ1) is 10.2. The van der Waals surface area contributed by atoms with Gasteiger partial charge in [0.15, 0.2) is 0 Å². The fraction of sp³-hybridized carbons (Fsp3) is 0.333. The van der Waals surface area contributed by atoms with Crippen LogP contribution in [0.2, 0.25) is 0 Å². The van der Waals surface area contributed by atoms with Crippen molar-refractivity contribution < 1.29 is 9.13 Å². The van der Waals surface area contributed by atoms with Gasteiger partial charge in [-0.15, -0.1) is 0 Å². The molecule has 0 aliphatic rings. The smallest absolute Gasteiger partial charge is 0.123 e. The Bertz CT molecular complexity index is 464. The number of nitrogens with zero attached hydrogens (tertiary/aromatic N) is 1. The molecule has 2 aromatic rings. The predicted molar refractivity (Wildman–Crippen MR) is 58.4 cm³/mol. The van der Waals surface area contributed by atoms with Gasteiger partial charge in [-0.05, 0) is 31.2 Å². The second-order valence-electron chi connectivity index (χ2n) is 3.72. The molecule has 2 nitrogen and oxygen atoms in total. The Labute approximate surface area is 88.3 Å². The lowest BCUT2D eigenvalue weighted by molar-refractivity contribution is 0.104. The average Bonchev–Trinajstić information content (AvgIpc) is 2.60. The molecular weight excluding hydrogens is 193 g/mol. The predicted octanol–water partition coefficient (Wildman–Crippen LogP) is 2.82. The molecule has 2 rings (SSSR count). The van der Waals surface area contributed by atoms with Gasteiger partial charge in [0.25, 0.3) is 0 Å². The van der Waals surface area contributed by atoms with E-state index >= 15 is 0 Å². The lowest BCUT2D eigenvalue weighted by Gasteiger charge is -2.11. The largest absolute Gasteiger partial charge is 0.380 e. The van der Waals surface area contributed by atoms with Gasteiger partial charge in [0.2, 0.25) is 0 Å². The molecule has 3 heteroatoms. The first-order valence-corrected chi connectivity index (χ1v) is 4.98. The molecule has 0 radical (unpaired) electrons. The second kappa shape index (κ2) is 4.03. The van der Waals surface area contributed by atoms with Crippen LogP contribution in [0.4, 0.5) is 4.39 Å². The maximum atomic E-state index is 12.9. The van der Waals surface area contributed by atoms with E-state index < -0.39 is 0 Å². The molecule has 0 spiro atoms. The first-order chi connectivity index (χ1) is 7.20. The zero-order valence-corrected chi connectivity index (χ0v) is 8.90. The monoisotopic (exact) mass is 207 g/mol. The number of hydrogen-bond acceptors (Lipinski definition) is 1. The maximum Gasteiger partial charge on any atom is 0.123 e. The van der Waals surface area contributed by atoms with E-state index in [-0.39, 0.29) is 11.9 Å². The van der Waals surface area contributed by atoms with Crippen LogP contribution in [-0.2, 0) is 11.3 Å². The molecule has 80 valence electrons. The molecule has 1 heterocycles. The molecule has 0 aliphatic carbocycles. The standard InChI is InChI=1S/C12H14FNO/c1-9(15-2)8-14-6-5-10-7-11(13)3-4-12(10)14/h3-7,9H,8H2,1-2H3. The number of hydrogen-bond donors (Lipinski definition) is 0. The van der Waals surface area contributed by atoms with Gasteiger partial charge in [0.1, 0.15) is 5.82 Å². The van der Waals surface area contributed by atoms with Crippen molar-refractivity contribution in [3.05, 3.63) is 36.3 Å². The van der Waals surface area contributed by atoms with E-state index in [1.807, 2.05) is 19.2 Å². The van der Waals surface area contributed by atoms with E-state index in [1.165, 1.54) is 6.07 Å². The molecule has 0 bridgehead atoms. The average molecular weight is 207 g/mol. The first-order valence-electron chi connectivity index (χ1n) is 4.98. The fourth-order valence-electron chi connectivity index (χ4n) is 1.68. The summed E-state index contributed by atoms with van der Waals surface area (Å²) in [5.74, 6) is -0.194. The van der Waals surface area contributed by atoms with Crippen molar-refractivity contribution in [2.45, 2.75) is 19.6 Å². The van der Waals surface area contributed by atoms with Gasteiger partial charge in [-0.1, -0.05) is 0 Å². The molecule has 0 saturated heterocycles. The van der Waals surface area contributed by atoms with Crippen LogP contribution in [0.5, 0.6) is 0 Å². The summed E-state index contributed by atoms with van der Waals surface area (Å²) in [4.78, 5) is 0. The van der Waals surface area contributed by atoms with Crippen LogP contribution < -0.4 is 0 Å². The summed E-state index contributed by atoms with van der Waals surface area (Å²) in [5.41, 5.74) is 1.04. The van der Waals surface area contributed by atoms with Crippen LogP contribution in [0.15, 0.2) is 30.5 Å². The van der Waals surface area contributed by atoms with Gasteiger partial charge in [0, 0.05) is 30.8 Å². The Kier molecular flexibility index (Phi) is 2.73. The Morgan fingerprint density at radius 1 is 1.40 bits per heavy atom. The molecule has 1 atom stereocenters. The van der Waals surface area contributed by atoms with E-state index in [0.29, 0.717) is 0 Å². The number of benzene rings is 1. The van der Waals surface area contributed by atoms with Gasteiger partial charge in [-0.3, -0.25) is 0 Å². The van der Waals surface area contributed by atoms with E-state index in [1.54, 1.807) is 19.2 Å². The van der Waals surface area contributed by atoms with Crippen molar-refractivity contribution in [3.63, 3.8) is 0 Å². The summed E-state index contributed by atoms with van der Waals surface area (Å²) in [6, 6.07) is 6.74. The Morgan fingerprint density at radius 3 is 2.93 bits per heavy atom. The number of fused-ring (bicyclic) bond motifs is 1. The molecule has 0 N–H and O–H groups in total. The molecule has 0 aliphatic heterocycles. The molecule has 15 heavy (non-hydrogen) atoms. The fourth-order valence-corrected chi connectivity index (χ4v) is 1.68. The highest BCUT2D eigenvalue weighted by Crippen LogP contribution is 2.17. The lowest BCUT2D eigenvalue weighted by Crippen LogP contribution is -2.13. The molecule has 1 aromatic carbocycles. The van der Waals surface area contributed by atoms with Gasteiger partial charge < -0.3 is 9.30 Å². The zero-order chi connectivity index (χ0) is 10.8. The summed E-state index contributed by atoms with van der Waals surface area (Å²) in [6.45, 7) is 2.79. The maximum absolute atomic E-state index is 12.9. The summed E-state index contributed by atoms with van der Waals surface area (Å²) < 4.78 is 20.2. The number of aromatic nitrogens is 1. The van der Waals surface area contributed by atoms with E-state index in [9.17, 15) is 4.39 Å².